The normalized spacial score (nSPS) is 14.3. The molecule has 0 spiro atoms. The molecule has 0 radical (unpaired) electrons. The molecule has 0 saturated heterocycles. The van der Waals surface area contributed by atoms with Gasteiger partial charge in [-0.05, 0) is 55.7 Å². The van der Waals surface area contributed by atoms with E-state index in [9.17, 15) is 21.6 Å². The molecule has 37 heavy (non-hydrogen) atoms. The Morgan fingerprint density at radius 3 is 2.24 bits per heavy atom. The predicted molar refractivity (Wildman–Crippen MR) is 132 cm³/mol. The maximum atomic E-state index is 15.8. The Morgan fingerprint density at radius 1 is 0.946 bits per heavy atom. The van der Waals surface area contributed by atoms with Crippen LogP contribution >= 0.6 is 0 Å². The van der Waals surface area contributed by atoms with E-state index in [0.29, 0.717) is 24.0 Å². The lowest BCUT2D eigenvalue weighted by molar-refractivity contribution is 0.558. The van der Waals surface area contributed by atoms with Crippen molar-refractivity contribution in [3.05, 3.63) is 83.8 Å². The minimum atomic E-state index is -3.95. The van der Waals surface area contributed by atoms with E-state index in [1.807, 2.05) is 0 Å². The van der Waals surface area contributed by atoms with Gasteiger partial charge in [-0.15, -0.1) is 0 Å². The Labute approximate surface area is 211 Å². The quantitative estimate of drug-likeness (QED) is 0.304. The molecule has 192 valence electrons. The van der Waals surface area contributed by atoms with Gasteiger partial charge in [0, 0.05) is 41.3 Å². The number of hydrogen-bond donors (Lipinski definition) is 1. The topological polar surface area (TPSA) is 76.9 Å². The maximum Gasteiger partial charge on any atom is 0.235 e. The Morgan fingerprint density at radius 2 is 1.59 bits per heavy atom. The SMILES string of the molecule is Cc1cc(F)c(-n2cc(-c3cc(F)cc(NS(=O)(=O)C4CCCC4)c3F)c(-c3ccncc3)n2)c(F)c1. The number of sulfonamides is 1. The van der Waals surface area contributed by atoms with Gasteiger partial charge in [-0.3, -0.25) is 9.71 Å². The lowest BCUT2D eigenvalue weighted by Gasteiger charge is -2.15. The van der Waals surface area contributed by atoms with Crippen molar-refractivity contribution in [1.82, 2.24) is 14.8 Å². The number of benzene rings is 2. The lowest BCUT2D eigenvalue weighted by Crippen LogP contribution is -2.25. The molecule has 0 bridgehead atoms. The summed E-state index contributed by atoms with van der Waals surface area (Å²) in [6.45, 7) is 1.53. The van der Waals surface area contributed by atoms with Crippen molar-refractivity contribution in [3.63, 3.8) is 0 Å². The molecule has 1 fully saturated rings. The van der Waals surface area contributed by atoms with E-state index in [-0.39, 0.29) is 16.8 Å². The highest BCUT2D eigenvalue weighted by Crippen LogP contribution is 2.38. The summed E-state index contributed by atoms with van der Waals surface area (Å²) in [6, 6.07) is 7.02. The molecule has 0 unspecified atom stereocenters. The molecule has 5 rings (SSSR count). The van der Waals surface area contributed by atoms with E-state index in [1.165, 1.54) is 25.5 Å². The average molecular weight is 531 g/mol. The van der Waals surface area contributed by atoms with Gasteiger partial charge < -0.3 is 0 Å². The number of aryl methyl sites for hydroxylation is 1. The van der Waals surface area contributed by atoms with Crippen LogP contribution in [0.15, 0.2) is 55.0 Å². The van der Waals surface area contributed by atoms with Gasteiger partial charge in [0.15, 0.2) is 17.5 Å². The zero-order chi connectivity index (χ0) is 26.3. The van der Waals surface area contributed by atoms with Crippen molar-refractivity contribution in [2.45, 2.75) is 37.9 Å². The fourth-order valence-corrected chi connectivity index (χ4v) is 6.19. The van der Waals surface area contributed by atoms with Crippen LogP contribution in [-0.2, 0) is 10.0 Å². The summed E-state index contributed by atoms with van der Waals surface area (Å²) in [4.78, 5) is 3.93. The number of rotatable bonds is 6. The molecule has 0 aliphatic heterocycles. The van der Waals surface area contributed by atoms with Crippen molar-refractivity contribution >= 4 is 15.7 Å². The first-order valence-electron chi connectivity index (χ1n) is 11.6. The van der Waals surface area contributed by atoms with Gasteiger partial charge in [-0.2, -0.15) is 5.10 Å². The third-order valence-corrected chi connectivity index (χ3v) is 8.23. The molecule has 1 aliphatic carbocycles. The molecule has 1 N–H and O–H groups in total. The fraction of sp³-hybridized carbons (Fsp3) is 0.231. The average Bonchev–Trinajstić information content (AvgIpc) is 3.52. The first-order chi connectivity index (χ1) is 17.6. The molecule has 2 heterocycles. The largest absolute Gasteiger partial charge is 0.280 e. The second-order valence-corrected chi connectivity index (χ2v) is 11.0. The summed E-state index contributed by atoms with van der Waals surface area (Å²) < 4.78 is 88.7. The number of aromatic nitrogens is 3. The number of pyridine rings is 1. The summed E-state index contributed by atoms with van der Waals surface area (Å²) in [5.41, 5.74) is -0.492. The predicted octanol–water partition coefficient (Wildman–Crippen LogP) is 6.15. The minimum Gasteiger partial charge on any atom is -0.280 e. The minimum absolute atomic E-state index is 0.00360. The van der Waals surface area contributed by atoms with Gasteiger partial charge in [-0.25, -0.2) is 30.7 Å². The lowest BCUT2D eigenvalue weighted by atomic mass is 10.0. The van der Waals surface area contributed by atoms with Gasteiger partial charge in [0.05, 0.1) is 10.9 Å². The first-order valence-corrected chi connectivity index (χ1v) is 13.2. The van der Waals surface area contributed by atoms with E-state index in [1.54, 1.807) is 12.1 Å². The van der Waals surface area contributed by atoms with Crippen LogP contribution in [0.25, 0.3) is 28.1 Å². The van der Waals surface area contributed by atoms with E-state index < -0.39 is 49.9 Å². The molecule has 2 aromatic carbocycles. The zero-order valence-corrected chi connectivity index (χ0v) is 20.5. The Bertz CT molecular complexity index is 1560. The summed E-state index contributed by atoms with van der Waals surface area (Å²) in [5, 5.41) is 3.60. The molecule has 0 amide bonds. The highest BCUT2D eigenvalue weighted by atomic mass is 32.2. The summed E-state index contributed by atoms with van der Waals surface area (Å²) in [6.07, 6.45) is 6.44. The first kappa shape index (κ1) is 24.9. The molecule has 0 atom stereocenters. The van der Waals surface area contributed by atoms with E-state index >= 15 is 4.39 Å². The number of halogens is 4. The van der Waals surface area contributed by atoms with Crippen molar-refractivity contribution in [2.75, 3.05) is 4.72 Å². The number of nitrogens with one attached hydrogen (secondary N) is 1. The van der Waals surface area contributed by atoms with E-state index in [0.717, 1.165) is 41.8 Å². The van der Waals surface area contributed by atoms with Crippen LogP contribution < -0.4 is 4.72 Å². The molecular formula is C26H22F4N4O2S. The van der Waals surface area contributed by atoms with Crippen molar-refractivity contribution in [3.8, 4) is 28.1 Å². The van der Waals surface area contributed by atoms with Crippen LogP contribution in [-0.4, -0.2) is 28.4 Å². The third-order valence-electron chi connectivity index (χ3n) is 6.38. The summed E-state index contributed by atoms with van der Waals surface area (Å²) >= 11 is 0. The smallest absolute Gasteiger partial charge is 0.235 e. The second-order valence-electron chi connectivity index (χ2n) is 9.02. The van der Waals surface area contributed by atoms with Gasteiger partial charge in [-0.1, -0.05) is 12.8 Å². The van der Waals surface area contributed by atoms with E-state index in [4.69, 9.17) is 0 Å². The number of anilines is 1. The Balaban J connectivity index is 1.68. The van der Waals surface area contributed by atoms with Gasteiger partial charge in [0.25, 0.3) is 0 Å². The van der Waals surface area contributed by atoms with Crippen molar-refractivity contribution in [2.24, 2.45) is 0 Å². The standard InChI is InChI=1S/C26H22F4N4O2S/c1-15-10-21(28)26(22(29)11-15)34-14-20(25(32-34)16-6-8-31-9-7-16)19-12-17(27)13-23(24(19)30)33-37(35,36)18-4-2-3-5-18/h6-14,18,33H,2-5H2,1H3. The van der Waals surface area contributed by atoms with Gasteiger partial charge in [0.2, 0.25) is 10.0 Å². The number of hydrogen-bond acceptors (Lipinski definition) is 4. The molecule has 11 heteroatoms. The molecule has 6 nitrogen and oxygen atoms in total. The molecule has 1 saturated carbocycles. The molecule has 1 aliphatic rings. The van der Waals surface area contributed by atoms with Gasteiger partial charge in [0.1, 0.15) is 17.2 Å². The Hall–Kier alpha value is -3.73. The van der Waals surface area contributed by atoms with Crippen LogP contribution in [0.1, 0.15) is 31.2 Å². The van der Waals surface area contributed by atoms with Crippen LogP contribution in [0.5, 0.6) is 0 Å². The third kappa shape index (κ3) is 4.83. The van der Waals surface area contributed by atoms with Crippen LogP contribution in [0, 0.1) is 30.2 Å². The second kappa shape index (κ2) is 9.62. The van der Waals surface area contributed by atoms with Crippen LogP contribution in [0.4, 0.5) is 23.2 Å². The van der Waals surface area contributed by atoms with Crippen molar-refractivity contribution < 1.29 is 26.0 Å². The number of nitrogens with zero attached hydrogens (tertiary/aromatic N) is 3. The molecular weight excluding hydrogens is 508 g/mol. The summed E-state index contributed by atoms with van der Waals surface area (Å²) in [7, 11) is -3.95. The Kier molecular flexibility index (Phi) is 6.49. The molecule has 4 aromatic rings. The maximum absolute atomic E-state index is 15.8. The monoisotopic (exact) mass is 530 g/mol. The van der Waals surface area contributed by atoms with Crippen LogP contribution in [0.2, 0.25) is 0 Å². The van der Waals surface area contributed by atoms with E-state index in [2.05, 4.69) is 14.8 Å². The van der Waals surface area contributed by atoms with Crippen molar-refractivity contribution in [1.29, 1.82) is 0 Å². The highest BCUT2D eigenvalue weighted by molar-refractivity contribution is 7.93. The van der Waals surface area contributed by atoms with Gasteiger partial charge >= 0.3 is 0 Å². The highest BCUT2D eigenvalue weighted by Gasteiger charge is 2.30. The van der Waals surface area contributed by atoms with Crippen LogP contribution in [0.3, 0.4) is 0 Å². The summed E-state index contributed by atoms with van der Waals surface area (Å²) in [5.74, 6) is -3.72. The zero-order valence-electron chi connectivity index (χ0n) is 19.7. The molecule has 2 aromatic heterocycles. The fourth-order valence-electron chi connectivity index (χ4n) is 4.61.